The Labute approximate surface area is 97.0 Å². The van der Waals surface area contributed by atoms with Crippen molar-refractivity contribution in [3.05, 3.63) is 11.3 Å². The molecule has 0 atom stereocenters. The van der Waals surface area contributed by atoms with Crippen LogP contribution in [0.3, 0.4) is 0 Å². The first kappa shape index (κ1) is 14.8. The summed E-state index contributed by atoms with van der Waals surface area (Å²) in [7, 11) is -1.65. The van der Waals surface area contributed by atoms with Gasteiger partial charge in [0.15, 0.2) is 0 Å². The topological polar surface area (TPSA) is 9.23 Å². The van der Waals surface area contributed by atoms with Gasteiger partial charge in [0.2, 0.25) is 8.32 Å². The minimum Gasteiger partial charge on any atom is -0.546 e. The third kappa shape index (κ3) is 4.02. The monoisotopic (exact) mass is 228 g/mol. The molecule has 0 aromatic heterocycles. The van der Waals surface area contributed by atoms with E-state index in [4.69, 9.17) is 4.43 Å². The summed E-state index contributed by atoms with van der Waals surface area (Å²) in [5.41, 5.74) is 1.31. The second-order valence-corrected chi connectivity index (χ2v) is 11.1. The molecular formula is C13H28OSi. The van der Waals surface area contributed by atoms with Crippen LogP contribution in [0.5, 0.6) is 0 Å². The zero-order chi connectivity index (χ0) is 12.4. The molecule has 0 fully saturated rings. The summed E-state index contributed by atoms with van der Waals surface area (Å²) >= 11 is 0. The molecule has 0 unspecified atom stereocenters. The van der Waals surface area contributed by atoms with E-state index in [0.717, 1.165) is 0 Å². The van der Waals surface area contributed by atoms with E-state index in [1.54, 1.807) is 0 Å². The highest BCUT2D eigenvalue weighted by Gasteiger charge is 2.39. The van der Waals surface area contributed by atoms with E-state index in [1.165, 1.54) is 11.3 Å². The lowest BCUT2D eigenvalue weighted by Crippen LogP contribution is -2.41. The van der Waals surface area contributed by atoms with Gasteiger partial charge in [0, 0.05) is 5.92 Å². The van der Waals surface area contributed by atoms with Crippen LogP contribution >= 0.6 is 0 Å². The Morgan fingerprint density at radius 2 is 1.47 bits per heavy atom. The van der Waals surface area contributed by atoms with Crippen LogP contribution in [0.25, 0.3) is 0 Å². The summed E-state index contributed by atoms with van der Waals surface area (Å²) < 4.78 is 6.34. The summed E-state index contributed by atoms with van der Waals surface area (Å²) in [5, 5.41) is 0.280. The highest BCUT2D eigenvalue weighted by molar-refractivity contribution is 6.74. The van der Waals surface area contributed by atoms with Crippen molar-refractivity contribution in [3.8, 4) is 0 Å². The zero-order valence-electron chi connectivity index (χ0n) is 12.0. The Morgan fingerprint density at radius 1 is 1.07 bits per heavy atom. The Bertz CT molecular complexity index is 240. The lowest BCUT2D eigenvalue weighted by Gasteiger charge is -2.38. The molecule has 0 radical (unpaired) electrons. The van der Waals surface area contributed by atoms with Crippen molar-refractivity contribution in [2.75, 3.05) is 0 Å². The van der Waals surface area contributed by atoms with E-state index in [0.29, 0.717) is 5.92 Å². The first-order valence-electron chi connectivity index (χ1n) is 5.85. The molecule has 0 bridgehead atoms. The molecule has 0 heterocycles. The van der Waals surface area contributed by atoms with Crippen LogP contribution in [-0.2, 0) is 4.43 Å². The first-order chi connectivity index (χ1) is 6.49. The summed E-state index contributed by atoms with van der Waals surface area (Å²) in [5.74, 6) is 1.69. The zero-order valence-corrected chi connectivity index (χ0v) is 13.0. The second-order valence-electron chi connectivity index (χ2n) is 6.38. The third-order valence-corrected chi connectivity index (χ3v) is 7.53. The van der Waals surface area contributed by atoms with E-state index >= 15 is 0 Å². The van der Waals surface area contributed by atoms with Gasteiger partial charge in [0.1, 0.15) is 0 Å². The van der Waals surface area contributed by atoms with Gasteiger partial charge in [-0.25, -0.2) is 0 Å². The average molecular weight is 228 g/mol. The fourth-order valence-electron chi connectivity index (χ4n) is 1.23. The molecule has 0 aromatic carbocycles. The summed E-state index contributed by atoms with van der Waals surface area (Å²) in [6.07, 6.45) is 0. The van der Waals surface area contributed by atoms with Crippen LogP contribution in [-0.4, -0.2) is 8.32 Å². The van der Waals surface area contributed by atoms with Gasteiger partial charge in [0.05, 0.1) is 5.76 Å². The van der Waals surface area contributed by atoms with Crippen molar-refractivity contribution >= 4 is 8.32 Å². The Kier molecular flexibility index (Phi) is 4.65. The lowest BCUT2D eigenvalue weighted by atomic mass is 10.1. The van der Waals surface area contributed by atoms with Crippen LogP contribution in [0.1, 0.15) is 48.5 Å². The van der Waals surface area contributed by atoms with Crippen molar-refractivity contribution in [2.45, 2.75) is 66.6 Å². The highest BCUT2D eigenvalue weighted by atomic mass is 28.4. The van der Waals surface area contributed by atoms with Crippen molar-refractivity contribution in [2.24, 2.45) is 5.92 Å². The molecule has 0 amide bonds. The van der Waals surface area contributed by atoms with Crippen molar-refractivity contribution < 1.29 is 4.43 Å². The maximum atomic E-state index is 6.34. The van der Waals surface area contributed by atoms with Gasteiger partial charge >= 0.3 is 0 Å². The van der Waals surface area contributed by atoms with Gasteiger partial charge in [0.25, 0.3) is 0 Å². The van der Waals surface area contributed by atoms with Crippen LogP contribution in [0.15, 0.2) is 11.3 Å². The highest BCUT2D eigenvalue weighted by Crippen LogP contribution is 2.39. The predicted octanol–water partition coefficient (Wildman–Crippen LogP) is 4.96. The minimum absolute atomic E-state index is 0.280. The van der Waals surface area contributed by atoms with Crippen LogP contribution in [0.2, 0.25) is 18.1 Å². The minimum atomic E-state index is -1.65. The predicted molar refractivity (Wildman–Crippen MR) is 71.5 cm³/mol. The number of allylic oxidation sites excluding steroid dienone is 2. The van der Waals surface area contributed by atoms with Gasteiger partial charge in [-0.15, -0.1) is 0 Å². The first-order valence-corrected chi connectivity index (χ1v) is 8.76. The number of rotatable bonds is 3. The van der Waals surface area contributed by atoms with Gasteiger partial charge in [-0.3, -0.25) is 0 Å². The van der Waals surface area contributed by atoms with Crippen molar-refractivity contribution in [1.29, 1.82) is 0 Å². The fraction of sp³-hybridized carbons (Fsp3) is 0.846. The molecule has 2 heteroatoms. The van der Waals surface area contributed by atoms with Gasteiger partial charge < -0.3 is 4.43 Å². The summed E-state index contributed by atoms with van der Waals surface area (Å²) in [4.78, 5) is 0. The van der Waals surface area contributed by atoms with Crippen LogP contribution in [0, 0.1) is 5.92 Å². The normalized spacial score (nSPS) is 12.9. The largest absolute Gasteiger partial charge is 0.546 e. The van der Waals surface area contributed by atoms with Crippen molar-refractivity contribution in [1.82, 2.24) is 0 Å². The second kappa shape index (κ2) is 4.73. The molecular weight excluding hydrogens is 200 g/mol. The van der Waals surface area contributed by atoms with E-state index in [9.17, 15) is 0 Å². The maximum absolute atomic E-state index is 6.34. The quantitative estimate of drug-likeness (QED) is 0.490. The standard InChI is InChI=1S/C13H28OSi/c1-10(2)12(11(3)4)14-15(8,9)13(5,6)7/h10H,1-9H3. The third-order valence-electron chi connectivity index (χ3n) is 3.19. The maximum Gasteiger partial charge on any atom is 0.250 e. The molecule has 0 aliphatic rings. The molecule has 0 saturated carbocycles. The van der Waals surface area contributed by atoms with Crippen molar-refractivity contribution in [3.63, 3.8) is 0 Å². The summed E-state index contributed by atoms with van der Waals surface area (Å²) in [6, 6.07) is 0. The van der Waals surface area contributed by atoms with E-state index in [2.05, 4.69) is 61.6 Å². The number of hydrogen-bond donors (Lipinski definition) is 0. The molecule has 0 aromatic rings. The molecule has 0 N–H and O–H groups in total. The van der Waals surface area contributed by atoms with E-state index in [-0.39, 0.29) is 5.04 Å². The Morgan fingerprint density at radius 3 is 1.67 bits per heavy atom. The molecule has 0 aliphatic carbocycles. The molecule has 0 spiro atoms. The number of hydrogen-bond acceptors (Lipinski definition) is 1. The Hall–Kier alpha value is -0.243. The van der Waals surface area contributed by atoms with E-state index in [1.807, 2.05) is 0 Å². The Balaban J connectivity index is 4.94. The summed E-state index contributed by atoms with van der Waals surface area (Å²) in [6.45, 7) is 20.1. The molecule has 0 rings (SSSR count). The molecule has 0 saturated heterocycles. The van der Waals surface area contributed by atoms with Crippen LogP contribution in [0.4, 0.5) is 0 Å². The van der Waals surface area contributed by atoms with E-state index < -0.39 is 8.32 Å². The van der Waals surface area contributed by atoms with Gasteiger partial charge in [-0.05, 0) is 37.6 Å². The average Bonchev–Trinajstić information content (AvgIpc) is 1.96. The van der Waals surface area contributed by atoms with Gasteiger partial charge in [-0.2, -0.15) is 0 Å². The van der Waals surface area contributed by atoms with Gasteiger partial charge in [-0.1, -0.05) is 34.6 Å². The lowest BCUT2D eigenvalue weighted by molar-refractivity contribution is 0.332. The fourth-order valence-corrected chi connectivity index (χ4v) is 2.52. The van der Waals surface area contributed by atoms with Crippen LogP contribution < -0.4 is 0 Å². The molecule has 15 heavy (non-hydrogen) atoms. The SMILES string of the molecule is CC(C)=C(O[Si](C)(C)C(C)(C)C)C(C)C. The molecule has 1 nitrogen and oxygen atoms in total. The molecule has 0 aliphatic heterocycles. The molecule has 90 valence electrons. The smallest absolute Gasteiger partial charge is 0.250 e.